The van der Waals surface area contributed by atoms with Crippen molar-refractivity contribution in [2.45, 2.75) is 44.9 Å². The number of hydrogen-bond acceptors (Lipinski definition) is 6. The van der Waals surface area contributed by atoms with Crippen LogP contribution in [0.2, 0.25) is 0 Å². The third-order valence-electron chi connectivity index (χ3n) is 6.31. The van der Waals surface area contributed by atoms with Gasteiger partial charge >= 0.3 is 0 Å². The fourth-order valence-corrected chi connectivity index (χ4v) is 4.50. The van der Waals surface area contributed by atoms with E-state index >= 15 is 0 Å². The first-order valence-corrected chi connectivity index (χ1v) is 11.7. The molecule has 0 spiro atoms. The third kappa shape index (κ3) is 6.71. The van der Waals surface area contributed by atoms with Crippen molar-refractivity contribution in [2.24, 2.45) is 5.73 Å². The van der Waals surface area contributed by atoms with Crippen molar-refractivity contribution in [1.82, 2.24) is 15.1 Å². The number of ether oxygens (including phenoxy) is 2. The molecule has 2 atom stereocenters. The predicted molar refractivity (Wildman–Crippen MR) is 131 cm³/mol. The minimum atomic E-state index is -0.508. The van der Waals surface area contributed by atoms with Crippen molar-refractivity contribution in [3.05, 3.63) is 59.7 Å². The summed E-state index contributed by atoms with van der Waals surface area (Å²) in [5.41, 5.74) is 7.85. The lowest BCUT2D eigenvalue weighted by atomic mass is 9.94. The summed E-state index contributed by atoms with van der Waals surface area (Å²) >= 11 is 0. The Morgan fingerprint density at radius 1 is 1.06 bits per heavy atom. The van der Waals surface area contributed by atoms with Crippen molar-refractivity contribution in [1.29, 1.82) is 0 Å². The van der Waals surface area contributed by atoms with Gasteiger partial charge in [-0.25, -0.2) is 0 Å². The molecule has 0 saturated carbocycles. The highest BCUT2D eigenvalue weighted by Crippen LogP contribution is 2.27. The summed E-state index contributed by atoms with van der Waals surface area (Å²) in [5.74, 6) is 1.40. The molecule has 8 nitrogen and oxygen atoms in total. The minimum absolute atomic E-state index is 0.0825. The van der Waals surface area contributed by atoms with Crippen molar-refractivity contribution >= 4 is 11.8 Å². The lowest BCUT2D eigenvalue weighted by molar-refractivity contribution is -0.142. The zero-order valence-corrected chi connectivity index (χ0v) is 20.3. The van der Waals surface area contributed by atoms with Crippen LogP contribution in [0.1, 0.15) is 30.9 Å². The van der Waals surface area contributed by atoms with Gasteiger partial charge in [0.15, 0.2) is 0 Å². The molecule has 1 unspecified atom stereocenters. The second kappa shape index (κ2) is 12.4. The number of carbonyl (C=O) groups is 2. The molecule has 0 radical (unpaired) electrons. The third-order valence-corrected chi connectivity index (χ3v) is 6.31. The van der Waals surface area contributed by atoms with E-state index in [1.54, 1.807) is 19.1 Å². The number of hydrogen-bond donors (Lipinski definition) is 2. The normalized spacial score (nSPS) is 18.0. The van der Waals surface area contributed by atoms with Crippen LogP contribution >= 0.6 is 0 Å². The van der Waals surface area contributed by atoms with Gasteiger partial charge in [0.25, 0.3) is 0 Å². The molecule has 3 rings (SSSR count). The number of nitrogens with one attached hydrogen (secondary N) is 1. The summed E-state index contributed by atoms with van der Waals surface area (Å²) in [6, 6.07) is 15.7. The summed E-state index contributed by atoms with van der Waals surface area (Å²) in [6.45, 7) is 4.23. The van der Waals surface area contributed by atoms with Crippen LogP contribution in [0.25, 0.3) is 0 Å². The lowest BCUT2D eigenvalue weighted by Crippen LogP contribution is -2.57. The quantitative estimate of drug-likeness (QED) is 0.555. The van der Waals surface area contributed by atoms with Gasteiger partial charge in [-0.3, -0.25) is 14.5 Å². The SMILES string of the molecule is COc1ccc(CN(Cc2cccc(OC)c2)C2CCN(C(C)=O)[C@@H](C(=O)NCCN)C2)cc1. The van der Waals surface area contributed by atoms with E-state index in [2.05, 4.69) is 28.4 Å². The van der Waals surface area contributed by atoms with E-state index in [0.29, 0.717) is 39.1 Å². The van der Waals surface area contributed by atoms with Gasteiger partial charge in [0.2, 0.25) is 11.8 Å². The Morgan fingerprint density at radius 3 is 2.41 bits per heavy atom. The van der Waals surface area contributed by atoms with E-state index < -0.39 is 6.04 Å². The summed E-state index contributed by atoms with van der Waals surface area (Å²) in [7, 11) is 3.32. The van der Waals surface area contributed by atoms with Gasteiger partial charge in [-0.15, -0.1) is 0 Å². The first-order chi connectivity index (χ1) is 16.4. The summed E-state index contributed by atoms with van der Waals surface area (Å²) in [5, 5.41) is 2.87. The van der Waals surface area contributed by atoms with Crippen LogP contribution in [0.4, 0.5) is 0 Å². The highest BCUT2D eigenvalue weighted by molar-refractivity contribution is 5.87. The molecular formula is C26H36N4O4. The number of piperidine rings is 1. The standard InChI is InChI=1S/C26H36N4O4/c1-19(31)30-14-11-22(16-25(30)26(32)28-13-12-27)29(17-20-7-9-23(33-2)10-8-20)18-21-5-4-6-24(15-21)34-3/h4-10,15,22,25H,11-14,16-18,27H2,1-3H3,(H,28,32)/t22?,25-/m1/s1. The highest BCUT2D eigenvalue weighted by Gasteiger charge is 2.37. The van der Waals surface area contributed by atoms with Gasteiger partial charge in [-0.2, -0.15) is 0 Å². The molecule has 0 aliphatic carbocycles. The number of likely N-dealkylation sites (tertiary alicyclic amines) is 1. The maximum absolute atomic E-state index is 12.9. The van der Waals surface area contributed by atoms with E-state index in [1.165, 1.54) is 6.92 Å². The monoisotopic (exact) mass is 468 g/mol. The number of methoxy groups -OCH3 is 2. The van der Waals surface area contributed by atoms with E-state index in [4.69, 9.17) is 15.2 Å². The molecule has 8 heteroatoms. The number of amides is 2. The van der Waals surface area contributed by atoms with Gasteiger partial charge < -0.3 is 25.4 Å². The van der Waals surface area contributed by atoms with Gasteiger partial charge in [-0.1, -0.05) is 24.3 Å². The second-order valence-electron chi connectivity index (χ2n) is 8.59. The molecule has 1 saturated heterocycles. The van der Waals surface area contributed by atoms with Crippen molar-refractivity contribution in [3.63, 3.8) is 0 Å². The number of nitrogens with two attached hydrogens (primary N) is 1. The fraction of sp³-hybridized carbons (Fsp3) is 0.462. The molecular weight excluding hydrogens is 432 g/mol. The molecule has 1 aliphatic heterocycles. The van der Waals surface area contributed by atoms with Crippen molar-refractivity contribution in [2.75, 3.05) is 33.9 Å². The Kier molecular flexibility index (Phi) is 9.30. The molecule has 2 amide bonds. The smallest absolute Gasteiger partial charge is 0.242 e. The fourth-order valence-electron chi connectivity index (χ4n) is 4.50. The molecule has 3 N–H and O–H groups in total. The van der Waals surface area contributed by atoms with Crippen molar-refractivity contribution < 1.29 is 19.1 Å². The highest BCUT2D eigenvalue weighted by atomic mass is 16.5. The molecule has 1 aliphatic rings. The van der Waals surface area contributed by atoms with E-state index in [9.17, 15) is 9.59 Å². The summed E-state index contributed by atoms with van der Waals surface area (Å²) in [6.07, 6.45) is 1.36. The number of carbonyl (C=O) groups excluding carboxylic acids is 2. The van der Waals surface area contributed by atoms with Crippen LogP contribution in [0.5, 0.6) is 11.5 Å². The maximum atomic E-state index is 12.9. The largest absolute Gasteiger partial charge is 0.497 e. The zero-order chi connectivity index (χ0) is 24.5. The van der Waals surface area contributed by atoms with Gasteiger partial charge in [0, 0.05) is 45.7 Å². The first-order valence-electron chi connectivity index (χ1n) is 11.7. The summed E-state index contributed by atoms with van der Waals surface area (Å²) in [4.78, 5) is 29.2. The average Bonchev–Trinajstić information content (AvgIpc) is 2.87. The van der Waals surface area contributed by atoms with Crippen LogP contribution in [-0.4, -0.2) is 67.6 Å². The molecule has 0 bridgehead atoms. The van der Waals surface area contributed by atoms with Crippen LogP contribution in [0.3, 0.4) is 0 Å². The Balaban J connectivity index is 1.85. The topological polar surface area (TPSA) is 97.1 Å². The molecule has 1 fully saturated rings. The van der Waals surface area contributed by atoms with Crippen LogP contribution in [0, 0.1) is 0 Å². The molecule has 1 heterocycles. The maximum Gasteiger partial charge on any atom is 0.242 e. The number of nitrogens with zero attached hydrogens (tertiary/aromatic N) is 2. The Bertz CT molecular complexity index is 950. The van der Waals surface area contributed by atoms with Gasteiger partial charge in [0.05, 0.1) is 14.2 Å². The molecule has 2 aromatic carbocycles. The number of rotatable bonds is 10. The van der Waals surface area contributed by atoms with Crippen LogP contribution in [-0.2, 0) is 22.7 Å². The molecule has 184 valence electrons. The lowest BCUT2D eigenvalue weighted by Gasteiger charge is -2.42. The van der Waals surface area contributed by atoms with Gasteiger partial charge in [-0.05, 0) is 48.2 Å². The summed E-state index contributed by atoms with van der Waals surface area (Å²) < 4.78 is 10.7. The van der Waals surface area contributed by atoms with E-state index in [-0.39, 0.29) is 17.9 Å². The Labute approximate surface area is 202 Å². The molecule has 2 aromatic rings. The Hall–Kier alpha value is -3.10. The molecule has 34 heavy (non-hydrogen) atoms. The first kappa shape index (κ1) is 25.5. The molecule has 0 aromatic heterocycles. The van der Waals surface area contributed by atoms with Gasteiger partial charge in [0.1, 0.15) is 17.5 Å². The predicted octanol–water partition coefficient (Wildman–Crippen LogP) is 2.16. The Morgan fingerprint density at radius 2 is 1.76 bits per heavy atom. The minimum Gasteiger partial charge on any atom is -0.497 e. The number of benzene rings is 2. The van der Waals surface area contributed by atoms with Crippen LogP contribution in [0.15, 0.2) is 48.5 Å². The van der Waals surface area contributed by atoms with E-state index in [1.807, 2.05) is 30.3 Å². The van der Waals surface area contributed by atoms with Crippen molar-refractivity contribution in [3.8, 4) is 11.5 Å². The second-order valence-corrected chi connectivity index (χ2v) is 8.59. The van der Waals surface area contributed by atoms with E-state index in [0.717, 1.165) is 29.0 Å². The average molecular weight is 469 g/mol. The van der Waals surface area contributed by atoms with Crippen LogP contribution < -0.4 is 20.5 Å². The zero-order valence-electron chi connectivity index (χ0n) is 20.3.